The molecule has 0 aliphatic carbocycles. The van der Waals surface area contributed by atoms with Gasteiger partial charge in [0.05, 0.1) is 12.1 Å². The molecule has 0 spiro atoms. The normalized spacial score (nSPS) is 10.2. The minimum atomic E-state index is -0.406. The van der Waals surface area contributed by atoms with E-state index in [1.165, 1.54) is 17.4 Å². The molecule has 0 radical (unpaired) electrons. The third-order valence-electron chi connectivity index (χ3n) is 2.12. The van der Waals surface area contributed by atoms with E-state index in [9.17, 15) is 9.18 Å². The van der Waals surface area contributed by atoms with Crippen LogP contribution in [-0.2, 0) is 11.2 Å². The fourth-order valence-electron chi connectivity index (χ4n) is 1.36. The number of amides is 1. The molecular weight excluding hydrogens is 352 g/mol. The molecular formula is C12H9FINOS. The third kappa shape index (κ3) is 3.50. The second kappa shape index (κ2) is 5.59. The lowest BCUT2D eigenvalue weighted by Crippen LogP contribution is -2.14. The lowest BCUT2D eigenvalue weighted by molar-refractivity contribution is -0.115. The number of carbonyl (C=O) groups is 1. The Labute approximate surface area is 116 Å². The Balaban J connectivity index is 2.03. The maximum Gasteiger partial charge on any atom is 0.229 e. The molecule has 0 aliphatic rings. The first-order valence-corrected chi connectivity index (χ1v) is 6.88. The zero-order valence-corrected chi connectivity index (χ0v) is 11.7. The van der Waals surface area contributed by atoms with E-state index in [4.69, 9.17) is 0 Å². The average molecular weight is 361 g/mol. The van der Waals surface area contributed by atoms with Crippen LogP contribution in [0.1, 0.15) is 4.88 Å². The minimum Gasteiger partial charge on any atom is -0.323 e. The van der Waals surface area contributed by atoms with Gasteiger partial charge in [0.25, 0.3) is 0 Å². The van der Waals surface area contributed by atoms with Crippen molar-refractivity contribution in [2.45, 2.75) is 6.42 Å². The molecule has 17 heavy (non-hydrogen) atoms. The van der Waals surface area contributed by atoms with Crippen molar-refractivity contribution >= 4 is 45.5 Å². The summed E-state index contributed by atoms with van der Waals surface area (Å²) in [5.41, 5.74) is 0.229. The summed E-state index contributed by atoms with van der Waals surface area (Å²) >= 11 is 3.54. The molecule has 1 aromatic heterocycles. The van der Waals surface area contributed by atoms with Gasteiger partial charge in [0, 0.05) is 8.45 Å². The number of nitrogens with one attached hydrogen (secondary N) is 1. The van der Waals surface area contributed by atoms with Gasteiger partial charge >= 0.3 is 0 Å². The van der Waals surface area contributed by atoms with Gasteiger partial charge in [0.2, 0.25) is 5.91 Å². The number of anilines is 1. The summed E-state index contributed by atoms with van der Waals surface area (Å²) in [5, 5.41) is 4.48. The number of hydrogen-bond donors (Lipinski definition) is 1. The molecule has 1 aromatic carbocycles. The first-order chi connectivity index (χ1) is 8.15. The maximum atomic E-state index is 13.5. The number of hydrogen-bond acceptors (Lipinski definition) is 2. The van der Waals surface area contributed by atoms with E-state index in [-0.39, 0.29) is 18.0 Å². The molecule has 0 saturated heterocycles. The first kappa shape index (κ1) is 12.5. The van der Waals surface area contributed by atoms with E-state index in [0.717, 1.165) is 8.45 Å². The van der Waals surface area contributed by atoms with Gasteiger partial charge in [-0.15, -0.1) is 11.3 Å². The molecule has 2 aromatic rings. The SMILES string of the molecule is O=C(Cc1cccs1)Nc1ccc(I)cc1F. The highest BCUT2D eigenvalue weighted by molar-refractivity contribution is 14.1. The van der Waals surface area contributed by atoms with Gasteiger partial charge in [-0.1, -0.05) is 6.07 Å². The van der Waals surface area contributed by atoms with Crippen LogP contribution in [0.2, 0.25) is 0 Å². The molecule has 0 fully saturated rings. The summed E-state index contributed by atoms with van der Waals surface area (Å²) < 4.78 is 14.3. The highest BCUT2D eigenvalue weighted by atomic mass is 127. The smallest absolute Gasteiger partial charge is 0.229 e. The fraction of sp³-hybridized carbons (Fsp3) is 0.0833. The standard InChI is InChI=1S/C12H9FINOS/c13-10-6-8(14)3-4-11(10)15-12(16)7-9-2-1-5-17-9/h1-6H,7H2,(H,15,16). The van der Waals surface area contributed by atoms with Crippen LogP contribution in [0.25, 0.3) is 0 Å². The Morgan fingerprint density at radius 2 is 2.24 bits per heavy atom. The second-order valence-corrected chi connectivity index (χ2v) is 5.71. The van der Waals surface area contributed by atoms with Crippen LogP contribution in [0, 0.1) is 9.39 Å². The number of thiophene rings is 1. The average Bonchev–Trinajstić information content (AvgIpc) is 2.75. The Bertz CT molecular complexity index is 527. The van der Waals surface area contributed by atoms with Crippen LogP contribution < -0.4 is 5.32 Å². The lowest BCUT2D eigenvalue weighted by atomic mass is 10.3. The molecule has 0 saturated carbocycles. The lowest BCUT2D eigenvalue weighted by Gasteiger charge is -2.05. The fourth-order valence-corrected chi connectivity index (χ4v) is 2.51. The highest BCUT2D eigenvalue weighted by Gasteiger charge is 2.08. The van der Waals surface area contributed by atoms with Crippen molar-refractivity contribution in [2.75, 3.05) is 5.32 Å². The van der Waals surface area contributed by atoms with Crippen molar-refractivity contribution < 1.29 is 9.18 Å². The van der Waals surface area contributed by atoms with Crippen molar-refractivity contribution in [3.05, 3.63) is 50.0 Å². The summed E-state index contributed by atoms with van der Waals surface area (Å²) in [4.78, 5) is 12.6. The molecule has 88 valence electrons. The molecule has 2 rings (SSSR count). The predicted octanol–water partition coefficient (Wildman–Crippen LogP) is 3.67. The van der Waals surface area contributed by atoms with Gasteiger partial charge < -0.3 is 5.32 Å². The number of carbonyl (C=O) groups excluding carboxylic acids is 1. The van der Waals surface area contributed by atoms with Gasteiger partial charge in [-0.05, 0) is 52.2 Å². The Morgan fingerprint density at radius 1 is 1.41 bits per heavy atom. The zero-order valence-electron chi connectivity index (χ0n) is 8.74. The Morgan fingerprint density at radius 3 is 2.88 bits per heavy atom. The molecule has 0 bridgehead atoms. The van der Waals surface area contributed by atoms with Crippen LogP contribution in [0.15, 0.2) is 35.7 Å². The van der Waals surface area contributed by atoms with Crippen LogP contribution in [0.4, 0.5) is 10.1 Å². The summed E-state index contributed by atoms with van der Waals surface area (Å²) in [7, 11) is 0. The van der Waals surface area contributed by atoms with Gasteiger partial charge in [0.15, 0.2) is 0 Å². The Hall–Kier alpha value is -0.950. The molecule has 0 atom stereocenters. The van der Waals surface area contributed by atoms with E-state index >= 15 is 0 Å². The topological polar surface area (TPSA) is 29.1 Å². The van der Waals surface area contributed by atoms with E-state index in [0.29, 0.717) is 0 Å². The van der Waals surface area contributed by atoms with Crippen molar-refractivity contribution in [1.29, 1.82) is 0 Å². The molecule has 1 heterocycles. The van der Waals surface area contributed by atoms with E-state index in [1.54, 1.807) is 12.1 Å². The molecule has 1 N–H and O–H groups in total. The largest absolute Gasteiger partial charge is 0.323 e. The third-order valence-corrected chi connectivity index (χ3v) is 3.67. The highest BCUT2D eigenvalue weighted by Crippen LogP contribution is 2.17. The monoisotopic (exact) mass is 361 g/mol. The second-order valence-electron chi connectivity index (χ2n) is 3.43. The number of benzene rings is 1. The van der Waals surface area contributed by atoms with Crippen molar-refractivity contribution in [3.63, 3.8) is 0 Å². The number of rotatable bonds is 3. The van der Waals surface area contributed by atoms with Gasteiger partial charge in [-0.3, -0.25) is 4.79 Å². The van der Waals surface area contributed by atoms with Crippen LogP contribution >= 0.6 is 33.9 Å². The van der Waals surface area contributed by atoms with Crippen LogP contribution in [0.5, 0.6) is 0 Å². The Kier molecular flexibility index (Phi) is 4.11. The summed E-state index contributed by atoms with van der Waals surface area (Å²) in [6.45, 7) is 0. The summed E-state index contributed by atoms with van der Waals surface area (Å²) in [6.07, 6.45) is 0.281. The maximum absolute atomic E-state index is 13.5. The van der Waals surface area contributed by atoms with Gasteiger partial charge in [-0.25, -0.2) is 4.39 Å². The molecule has 0 aliphatic heterocycles. The van der Waals surface area contributed by atoms with Crippen molar-refractivity contribution in [1.82, 2.24) is 0 Å². The minimum absolute atomic E-state index is 0.201. The predicted molar refractivity (Wildman–Crippen MR) is 75.8 cm³/mol. The summed E-state index contributed by atoms with van der Waals surface area (Å²) in [5.74, 6) is -0.607. The van der Waals surface area contributed by atoms with Crippen molar-refractivity contribution in [2.24, 2.45) is 0 Å². The molecule has 0 unspecified atom stereocenters. The van der Waals surface area contributed by atoms with Crippen LogP contribution in [-0.4, -0.2) is 5.91 Å². The van der Waals surface area contributed by atoms with E-state index in [1.807, 2.05) is 40.1 Å². The molecule has 2 nitrogen and oxygen atoms in total. The molecule has 1 amide bonds. The molecule has 5 heteroatoms. The zero-order chi connectivity index (χ0) is 12.3. The first-order valence-electron chi connectivity index (χ1n) is 4.92. The van der Waals surface area contributed by atoms with Gasteiger partial charge in [0.1, 0.15) is 5.82 Å². The van der Waals surface area contributed by atoms with E-state index in [2.05, 4.69) is 5.32 Å². The number of halogens is 2. The van der Waals surface area contributed by atoms with Gasteiger partial charge in [-0.2, -0.15) is 0 Å². The van der Waals surface area contributed by atoms with Crippen LogP contribution in [0.3, 0.4) is 0 Å². The van der Waals surface area contributed by atoms with E-state index < -0.39 is 5.82 Å². The quantitative estimate of drug-likeness (QED) is 0.831. The van der Waals surface area contributed by atoms with Crippen molar-refractivity contribution in [3.8, 4) is 0 Å². The summed E-state index contributed by atoms with van der Waals surface area (Å²) in [6, 6.07) is 8.49.